The maximum Gasteiger partial charge on any atom is 0.254 e. The van der Waals surface area contributed by atoms with Gasteiger partial charge < -0.3 is 19.4 Å². The van der Waals surface area contributed by atoms with Crippen LogP contribution in [0.4, 0.5) is 0 Å². The van der Waals surface area contributed by atoms with Crippen LogP contribution in [0.15, 0.2) is 54.9 Å². The van der Waals surface area contributed by atoms with E-state index < -0.39 is 0 Å². The molecule has 8 heteroatoms. The van der Waals surface area contributed by atoms with Crippen molar-refractivity contribution in [3.63, 3.8) is 0 Å². The number of hydrogen-bond acceptors (Lipinski definition) is 4. The van der Waals surface area contributed by atoms with Gasteiger partial charge in [-0.15, -0.1) is 24.8 Å². The number of carbonyl (C=O) groups excluding carboxylic acids is 1. The van der Waals surface area contributed by atoms with Crippen LogP contribution < -0.4 is 10.1 Å². The third kappa shape index (κ3) is 4.72. The molecule has 5 rings (SSSR count). The fraction of sp³-hybridized carbons (Fsp3) is 0.364. The van der Waals surface area contributed by atoms with Crippen LogP contribution in [0.3, 0.4) is 0 Å². The normalized spacial score (nSPS) is 20.2. The third-order valence-electron chi connectivity index (χ3n) is 5.69. The van der Waals surface area contributed by atoms with E-state index in [0.717, 1.165) is 37.3 Å². The highest BCUT2D eigenvalue weighted by Gasteiger charge is 2.31. The first kappa shape index (κ1) is 22.4. The predicted molar refractivity (Wildman–Crippen MR) is 121 cm³/mol. The SMILES string of the molecule is Cl.Cl.O=C(c1cccc(OCc2cn3ccccc3n2)c1)N1CCC2CCC(C1)N2. The van der Waals surface area contributed by atoms with Crippen molar-refractivity contribution < 1.29 is 9.53 Å². The lowest BCUT2D eigenvalue weighted by Gasteiger charge is -2.24. The van der Waals surface area contributed by atoms with Crippen LogP contribution in [0.1, 0.15) is 35.3 Å². The van der Waals surface area contributed by atoms with E-state index in [0.29, 0.717) is 30.0 Å². The van der Waals surface area contributed by atoms with Crippen molar-refractivity contribution in [1.29, 1.82) is 0 Å². The quantitative estimate of drug-likeness (QED) is 0.660. The molecular weight excluding hydrogens is 423 g/mol. The largest absolute Gasteiger partial charge is 0.487 e. The van der Waals surface area contributed by atoms with Crippen LogP contribution in [0.5, 0.6) is 5.75 Å². The Balaban J connectivity index is 0.00000128. The summed E-state index contributed by atoms with van der Waals surface area (Å²) in [6.07, 6.45) is 7.36. The highest BCUT2D eigenvalue weighted by Crippen LogP contribution is 2.23. The van der Waals surface area contributed by atoms with Crippen molar-refractivity contribution in [2.45, 2.75) is 38.0 Å². The first-order chi connectivity index (χ1) is 13.7. The Labute approximate surface area is 188 Å². The number of halogens is 2. The molecule has 4 heterocycles. The highest BCUT2D eigenvalue weighted by atomic mass is 35.5. The molecule has 2 bridgehead atoms. The van der Waals surface area contributed by atoms with E-state index in [9.17, 15) is 4.79 Å². The molecule has 0 spiro atoms. The van der Waals surface area contributed by atoms with Gasteiger partial charge in [-0.25, -0.2) is 4.98 Å². The van der Waals surface area contributed by atoms with Crippen molar-refractivity contribution in [1.82, 2.24) is 19.6 Å². The first-order valence-corrected chi connectivity index (χ1v) is 9.95. The van der Waals surface area contributed by atoms with Crippen molar-refractivity contribution in [3.05, 3.63) is 66.1 Å². The summed E-state index contributed by atoms with van der Waals surface area (Å²) in [4.78, 5) is 19.5. The van der Waals surface area contributed by atoms with Crippen LogP contribution in [0, 0.1) is 0 Å². The van der Waals surface area contributed by atoms with Crippen LogP contribution in [0.2, 0.25) is 0 Å². The molecule has 0 aliphatic carbocycles. The van der Waals surface area contributed by atoms with E-state index in [1.807, 2.05) is 64.2 Å². The molecule has 3 aromatic rings. The molecule has 2 aliphatic heterocycles. The molecule has 2 fully saturated rings. The number of likely N-dealkylation sites (tertiary alicyclic amines) is 1. The fourth-order valence-corrected chi connectivity index (χ4v) is 4.24. The molecular formula is C22H26Cl2N4O2. The molecule has 2 unspecified atom stereocenters. The Bertz CT molecular complexity index is 976. The van der Waals surface area contributed by atoms with E-state index >= 15 is 0 Å². The van der Waals surface area contributed by atoms with E-state index in [2.05, 4.69) is 10.3 Å². The van der Waals surface area contributed by atoms with Gasteiger partial charge in [-0.05, 0) is 49.6 Å². The number of fused-ring (bicyclic) bond motifs is 3. The number of rotatable bonds is 4. The summed E-state index contributed by atoms with van der Waals surface area (Å²) >= 11 is 0. The average Bonchev–Trinajstić information content (AvgIpc) is 3.28. The first-order valence-electron chi connectivity index (χ1n) is 9.95. The van der Waals surface area contributed by atoms with Gasteiger partial charge in [0.25, 0.3) is 5.91 Å². The molecule has 1 N–H and O–H groups in total. The van der Waals surface area contributed by atoms with Gasteiger partial charge in [0.15, 0.2) is 0 Å². The number of pyridine rings is 1. The molecule has 2 saturated heterocycles. The number of ether oxygens (including phenoxy) is 1. The third-order valence-corrected chi connectivity index (χ3v) is 5.69. The van der Waals surface area contributed by atoms with Crippen LogP contribution in [-0.2, 0) is 6.61 Å². The van der Waals surface area contributed by atoms with Gasteiger partial charge in [-0.1, -0.05) is 12.1 Å². The predicted octanol–water partition coefficient (Wildman–Crippen LogP) is 3.72. The highest BCUT2D eigenvalue weighted by molar-refractivity contribution is 5.94. The lowest BCUT2D eigenvalue weighted by Crippen LogP contribution is -2.39. The molecule has 6 nitrogen and oxygen atoms in total. The average molecular weight is 449 g/mol. The van der Waals surface area contributed by atoms with Crippen molar-refractivity contribution in [2.24, 2.45) is 0 Å². The summed E-state index contributed by atoms with van der Waals surface area (Å²) < 4.78 is 7.89. The van der Waals surface area contributed by atoms with E-state index in [4.69, 9.17) is 4.74 Å². The second kappa shape index (κ2) is 9.69. The zero-order chi connectivity index (χ0) is 18.9. The maximum atomic E-state index is 13.0. The van der Waals surface area contributed by atoms with Crippen molar-refractivity contribution >= 4 is 36.4 Å². The lowest BCUT2D eigenvalue weighted by molar-refractivity contribution is 0.0747. The minimum absolute atomic E-state index is 0. The number of carbonyl (C=O) groups is 1. The summed E-state index contributed by atoms with van der Waals surface area (Å²) in [5.74, 6) is 0.782. The van der Waals surface area contributed by atoms with Crippen molar-refractivity contribution in [3.8, 4) is 5.75 Å². The van der Waals surface area contributed by atoms with Gasteiger partial charge >= 0.3 is 0 Å². The maximum absolute atomic E-state index is 13.0. The molecule has 0 saturated carbocycles. The number of hydrogen-bond donors (Lipinski definition) is 1. The molecule has 0 radical (unpaired) electrons. The van der Waals surface area contributed by atoms with Crippen LogP contribution >= 0.6 is 24.8 Å². The standard InChI is InChI=1S/C22H24N4O2.2ClH/c27-22(26-11-9-17-7-8-18(13-26)23-17)16-4-3-5-20(12-16)28-15-19-14-25-10-2-1-6-21(25)24-19;;/h1-6,10,12,14,17-18,23H,7-9,11,13,15H2;2*1H. The molecule has 2 atom stereocenters. The summed E-state index contributed by atoms with van der Waals surface area (Å²) in [6, 6.07) is 14.4. The number of aromatic nitrogens is 2. The van der Waals surface area contributed by atoms with Crippen LogP contribution in [-0.4, -0.2) is 45.4 Å². The number of nitrogens with zero attached hydrogens (tertiary/aromatic N) is 3. The van der Waals surface area contributed by atoms with Gasteiger partial charge in [0.1, 0.15) is 18.0 Å². The van der Waals surface area contributed by atoms with E-state index in [-0.39, 0.29) is 30.7 Å². The Morgan fingerprint density at radius 3 is 2.83 bits per heavy atom. The Hall–Kier alpha value is -2.28. The van der Waals surface area contributed by atoms with E-state index in [1.165, 1.54) is 6.42 Å². The van der Waals surface area contributed by atoms with E-state index in [1.54, 1.807) is 0 Å². The number of imidazole rings is 1. The molecule has 2 aromatic heterocycles. The second-order valence-corrected chi connectivity index (χ2v) is 7.69. The topological polar surface area (TPSA) is 58.9 Å². The zero-order valence-electron chi connectivity index (χ0n) is 16.6. The van der Waals surface area contributed by atoms with Gasteiger partial charge in [-0.2, -0.15) is 0 Å². The molecule has 30 heavy (non-hydrogen) atoms. The van der Waals surface area contributed by atoms with Gasteiger partial charge in [0, 0.05) is 43.1 Å². The van der Waals surface area contributed by atoms with Gasteiger partial charge in [-0.3, -0.25) is 4.79 Å². The minimum Gasteiger partial charge on any atom is -0.487 e. The van der Waals surface area contributed by atoms with Crippen molar-refractivity contribution in [2.75, 3.05) is 13.1 Å². The van der Waals surface area contributed by atoms with Gasteiger partial charge in [0.05, 0.1) is 5.69 Å². The minimum atomic E-state index is 0. The Morgan fingerprint density at radius 1 is 1.10 bits per heavy atom. The number of amides is 1. The number of benzene rings is 1. The van der Waals surface area contributed by atoms with Gasteiger partial charge in [0.2, 0.25) is 0 Å². The Kier molecular flexibility index (Phi) is 7.23. The molecule has 1 amide bonds. The lowest BCUT2D eigenvalue weighted by atomic mass is 10.1. The fourth-order valence-electron chi connectivity index (χ4n) is 4.24. The smallest absolute Gasteiger partial charge is 0.254 e. The number of nitrogens with one attached hydrogen (secondary N) is 1. The molecule has 1 aromatic carbocycles. The summed E-state index contributed by atoms with van der Waals surface area (Å²) in [7, 11) is 0. The molecule has 2 aliphatic rings. The summed E-state index contributed by atoms with van der Waals surface area (Å²) in [5, 5.41) is 3.62. The Morgan fingerprint density at radius 2 is 1.97 bits per heavy atom. The second-order valence-electron chi connectivity index (χ2n) is 7.69. The van der Waals surface area contributed by atoms with Crippen LogP contribution in [0.25, 0.3) is 5.65 Å². The zero-order valence-corrected chi connectivity index (χ0v) is 18.2. The molecule has 160 valence electrons. The summed E-state index contributed by atoms with van der Waals surface area (Å²) in [5.41, 5.74) is 2.44. The monoisotopic (exact) mass is 448 g/mol. The summed E-state index contributed by atoms with van der Waals surface area (Å²) in [6.45, 7) is 1.98.